The van der Waals surface area contributed by atoms with Crippen LogP contribution in [0.2, 0.25) is 0 Å². The number of hydrogen-bond acceptors (Lipinski definition) is 4. The van der Waals surface area contributed by atoms with E-state index in [4.69, 9.17) is 4.74 Å². The summed E-state index contributed by atoms with van der Waals surface area (Å²) in [6.07, 6.45) is 5.27. The van der Waals surface area contributed by atoms with Crippen molar-refractivity contribution in [2.24, 2.45) is 7.05 Å². The number of aryl methyl sites for hydroxylation is 2. The molecule has 2 aromatic carbocycles. The molecule has 0 radical (unpaired) electrons. The lowest BCUT2D eigenvalue weighted by atomic mass is 10.1. The van der Waals surface area contributed by atoms with Crippen molar-refractivity contribution in [1.82, 2.24) is 14.3 Å². The van der Waals surface area contributed by atoms with Gasteiger partial charge in [0.05, 0.1) is 18.5 Å². The summed E-state index contributed by atoms with van der Waals surface area (Å²) in [5.74, 6) is -0.553. The summed E-state index contributed by atoms with van der Waals surface area (Å²) in [7, 11) is 1.80. The van der Waals surface area contributed by atoms with Crippen LogP contribution in [0.4, 0.5) is 14.5 Å². The van der Waals surface area contributed by atoms with Crippen molar-refractivity contribution in [3.05, 3.63) is 94.2 Å². The highest BCUT2D eigenvalue weighted by Gasteiger charge is 2.14. The van der Waals surface area contributed by atoms with E-state index in [0.717, 1.165) is 34.2 Å². The zero-order valence-corrected chi connectivity index (χ0v) is 18.6. The SMILES string of the molecule is CCOc1ccc(-n2cc(-c3cnn(C)c3)c(NCc3ccc(F)cc3F)cc2=O)c(C)c1. The van der Waals surface area contributed by atoms with Crippen molar-refractivity contribution in [3.63, 3.8) is 0 Å². The van der Waals surface area contributed by atoms with Crippen LogP contribution in [-0.4, -0.2) is 21.0 Å². The van der Waals surface area contributed by atoms with E-state index in [-0.39, 0.29) is 12.1 Å². The summed E-state index contributed by atoms with van der Waals surface area (Å²) >= 11 is 0. The average molecular weight is 450 g/mol. The van der Waals surface area contributed by atoms with E-state index in [2.05, 4.69) is 10.4 Å². The van der Waals surface area contributed by atoms with E-state index < -0.39 is 11.6 Å². The Balaban J connectivity index is 1.76. The third-order valence-corrected chi connectivity index (χ3v) is 5.29. The number of hydrogen-bond donors (Lipinski definition) is 1. The molecule has 170 valence electrons. The number of aromatic nitrogens is 3. The van der Waals surface area contributed by atoms with Crippen LogP contribution in [0.3, 0.4) is 0 Å². The molecule has 0 saturated heterocycles. The van der Waals surface area contributed by atoms with Crippen molar-refractivity contribution in [2.75, 3.05) is 11.9 Å². The van der Waals surface area contributed by atoms with Crippen LogP contribution in [0, 0.1) is 18.6 Å². The third-order valence-electron chi connectivity index (χ3n) is 5.29. The smallest absolute Gasteiger partial charge is 0.257 e. The molecule has 8 heteroatoms. The number of nitrogens with zero attached hydrogens (tertiary/aromatic N) is 3. The summed E-state index contributed by atoms with van der Waals surface area (Å²) in [5.41, 5.74) is 3.68. The van der Waals surface area contributed by atoms with E-state index in [1.165, 1.54) is 18.2 Å². The molecule has 0 bridgehead atoms. The van der Waals surface area contributed by atoms with Gasteiger partial charge in [0.2, 0.25) is 0 Å². The van der Waals surface area contributed by atoms with Gasteiger partial charge in [0.1, 0.15) is 17.4 Å². The second-order valence-corrected chi connectivity index (χ2v) is 7.68. The first-order chi connectivity index (χ1) is 15.9. The lowest BCUT2D eigenvalue weighted by molar-refractivity contribution is 0.340. The van der Waals surface area contributed by atoms with Crippen LogP contribution in [-0.2, 0) is 13.6 Å². The van der Waals surface area contributed by atoms with Gasteiger partial charge in [-0.3, -0.25) is 14.0 Å². The van der Waals surface area contributed by atoms with Crippen LogP contribution in [0.15, 0.2) is 65.8 Å². The van der Waals surface area contributed by atoms with Crippen molar-refractivity contribution >= 4 is 5.69 Å². The Labute approximate surface area is 190 Å². The predicted molar refractivity (Wildman–Crippen MR) is 124 cm³/mol. The predicted octanol–water partition coefficient (Wildman–Crippen LogP) is 4.84. The summed E-state index contributed by atoms with van der Waals surface area (Å²) < 4.78 is 36.1. The molecule has 0 amide bonds. The van der Waals surface area contributed by atoms with E-state index in [1.807, 2.05) is 38.2 Å². The molecule has 0 atom stereocenters. The van der Waals surface area contributed by atoms with Gasteiger partial charge in [0.25, 0.3) is 5.56 Å². The van der Waals surface area contributed by atoms with E-state index in [1.54, 1.807) is 28.7 Å². The monoisotopic (exact) mass is 450 g/mol. The molecule has 0 saturated carbocycles. The van der Waals surface area contributed by atoms with Crippen molar-refractivity contribution in [1.29, 1.82) is 0 Å². The Morgan fingerprint density at radius 2 is 1.91 bits per heavy atom. The number of ether oxygens (including phenoxy) is 1. The first kappa shape index (κ1) is 22.3. The molecule has 4 rings (SSSR count). The fourth-order valence-corrected chi connectivity index (χ4v) is 3.67. The molecule has 6 nitrogen and oxygen atoms in total. The highest BCUT2D eigenvalue weighted by atomic mass is 19.1. The molecule has 33 heavy (non-hydrogen) atoms. The fourth-order valence-electron chi connectivity index (χ4n) is 3.67. The Morgan fingerprint density at radius 3 is 2.58 bits per heavy atom. The van der Waals surface area contributed by atoms with Gasteiger partial charge in [-0.15, -0.1) is 0 Å². The average Bonchev–Trinajstić information content (AvgIpc) is 3.20. The van der Waals surface area contributed by atoms with Gasteiger partial charge < -0.3 is 10.1 Å². The van der Waals surface area contributed by atoms with Crippen molar-refractivity contribution in [3.8, 4) is 22.6 Å². The topological polar surface area (TPSA) is 61.1 Å². The quantitative estimate of drug-likeness (QED) is 0.438. The number of pyridine rings is 1. The summed E-state index contributed by atoms with van der Waals surface area (Å²) in [6.45, 7) is 4.47. The summed E-state index contributed by atoms with van der Waals surface area (Å²) in [5, 5.41) is 7.36. The van der Waals surface area contributed by atoms with Crippen LogP contribution < -0.4 is 15.6 Å². The van der Waals surface area contributed by atoms with E-state index in [0.29, 0.717) is 17.9 Å². The number of nitrogens with one attached hydrogen (secondary N) is 1. The molecule has 0 fully saturated rings. The molecule has 0 aliphatic rings. The summed E-state index contributed by atoms with van der Waals surface area (Å²) in [4.78, 5) is 13.1. The van der Waals surface area contributed by atoms with E-state index in [9.17, 15) is 13.6 Å². The molecule has 2 aromatic heterocycles. The van der Waals surface area contributed by atoms with Crippen molar-refractivity contribution in [2.45, 2.75) is 20.4 Å². The molecule has 4 aromatic rings. The molecule has 0 aliphatic carbocycles. The number of halogens is 2. The number of anilines is 1. The Morgan fingerprint density at radius 1 is 1.09 bits per heavy atom. The summed E-state index contributed by atoms with van der Waals surface area (Å²) in [6, 6.07) is 10.5. The fraction of sp³-hybridized carbons (Fsp3) is 0.200. The zero-order chi connectivity index (χ0) is 23.5. The second kappa shape index (κ2) is 9.28. The van der Waals surface area contributed by atoms with Gasteiger partial charge in [0, 0.05) is 60.5 Å². The largest absolute Gasteiger partial charge is 0.494 e. The first-order valence-electron chi connectivity index (χ1n) is 10.5. The lowest BCUT2D eigenvalue weighted by Gasteiger charge is -2.16. The maximum atomic E-state index is 14.1. The van der Waals surface area contributed by atoms with Gasteiger partial charge in [-0.2, -0.15) is 5.10 Å². The Kier molecular flexibility index (Phi) is 6.26. The van der Waals surface area contributed by atoms with Crippen LogP contribution in [0.25, 0.3) is 16.8 Å². The minimum absolute atomic E-state index is 0.0882. The van der Waals surface area contributed by atoms with Gasteiger partial charge in [-0.25, -0.2) is 8.78 Å². The highest BCUT2D eigenvalue weighted by molar-refractivity contribution is 5.76. The molecular weight excluding hydrogens is 426 g/mol. The minimum atomic E-state index is -0.649. The Hall–Kier alpha value is -3.94. The van der Waals surface area contributed by atoms with Gasteiger partial charge in [-0.1, -0.05) is 6.07 Å². The highest BCUT2D eigenvalue weighted by Crippen LogP contribution is 2.29. The minimum Gasteiger partial charge on any atom is -0.494 e. The van der Waals surface area contributed by atoms with Crippen LogP contribution in [0.5, 0.6) is 5.75 Å². The van der Waals surface area contributed by atoms with Crippen LogP contribution >= 0.6 is 0 Å². The number of rotatable bonds is 7. The lowest BCUT2D eigenvalue weighted by Crippen LogP contribution is -2.19. The normalized spacial score (nSPS) is 10.9. The second-order valence-electron chi connectivity index (χ2n) is 7.68. The molecular formula is C25H24F2N4O2. The third kappa shape index (κ3) is 4.79. The van der Waals surface area contributed by atoms with Gasteiger partial charge in [-0.05, 0) is 43.7 Å². The van der Waals surface area contributed by atoms with Crippen LogP contribution in [0.1, 0.15) is 18.1 Å². The van der Waals surface area contributed by atoms with Gasteiger partial charge >= 0.3 is 0 Å². The molecule has 1 N–H and O–H groups in total. The first-order valence-corrected chi connectivity index (χ1v) is 10.5. The number of benzene rings is 2. The molecule has 0 spiro atoms. The van der Waals surface area contributed by atoms with E-state index >= 15 is 0 Å². The Bertz CT molecular complexity index is 1360. The zero-order valence-electron chi connectivity index (χ0n) is 18.6. The molecule has 0 unspecified atom stereocenters. The maximum Gasteiger partial charge on any atom is 0.257 e. The van der Waals surface area contributed by atoms with Gasteiger partial charge in [0.15, 0.2) is 0 Å². The maximum absolute atomic E-state index is 14.1. The molecule has 2 heterocycles. The van der Waals surface area contributed by atoms with Crippen molar-refractivity contribution < 1.29 is 13.5 Å². The standard InChI is InChI=1S/C25H24F2N4O2/c1-4-33-20-7-8-24(16(2)9-20)31-15-21(18-13-29-30(3)14-18)23(11-25(31)32)28-12-17-5-6-19(26)10-22(17)27/h5-11,13-15,28H,4,12H2,1-3H3. The molecule has 0 aliphatic heterocycles.